The second-order valence-corrected chi connectivity index (χ2v) is 6.01. The van der Waals surface area contributed by atoms with Crippen LogP contribution in [0.4, 0.5) is 0 Å². The molecule has 0 aliphatic heterocycles. The lowest BCUT2D eigenvalue weighted by molar-refractivity contribution is 0.0700. The van der Waals surface area contributed by atoms with Gasteiger partial charge < -0.3 is 10.6 Å². The molecule has 1 aromatic carbocycles. The van der Waals surface area contributed by atoms with Crippen LogP contribution in [0.15, 0.2) is 18.2 Å². The molecule has 106 valence electrons. The fourth-order valence-electron chi connectivity index (χ4n) is 2.05. The zero-order chi connectivity index (χ0) is 14.6. The van der Waals surface area contributed by atoms with E-state index in [0.29, 0.717) is 19.6 Å². The fourth-order valence-corrected chi connectivity index (χ4v) is 2.05. The maximum atomic E-state index is 12.6. The predicted molar refractivity (Wildman–Crippen MR) is 80.3 cm³/mol. The van der Waals surface area contributed by atoms with E-state index in [0.717, 1.165) is 16.7 Å². The molecule has 0 bridgehead atoms. The molecule has 3 heteroatoms. The van der Waals surface area contributed by atoms with E-state index in [9.17, 15) is 4.79 Å². The Hall–Kier alpha value is -1.35. The molecular formula is C16H26N2O. The monoisotopic (exact) mass is 262 g/mol. The molecule has 0 unspecified atom stereocenters. The van der Waals surface area contributed by atoms with Crippen LogP contribution in [0.3, 0.4) is 0 Å². The first kappa shape index (κ1) is 15.7. The van der Waals surface area contributed by atoms with E-state index in [4.69, 9.17) is 5.73 Å². The van der Waals surface area contributed by atoms with Crippen molar-refractivity contribution >= 4 is 5.91 Å². The molecule has 19 heavy (non-hydrogen) atoms. The summed E-state index contributed by atoms with van der Waals surface area (Å²) >= 11 is 0. The molecule has 0 atom stereocenters. The molecule has 3 nitrogen and oxygen atoms in total. The lowest BCUT2D eigenvalue weighted by Crippen LogP contribution is -2.42. The van der Waals surface area contributed by atoms with Crippen molar-refractivity contribution in [1.82, 2.24) is 4.90 Å². The number of benzene rings is 1. The van der Waals surface area contributed by atoms with E-state index in [-0.39, 0.29) is 11.3 Å². The Morgan fingerprint density at radius 1 is 1.32 bits per heavy atom. The second kappa shape index (κ2) is 6.20. The summed E-state index contributed by atoms with van der Waals surface area (Å²) in [5, 5.41) is 0. The maximum Gasteiger partial charge on any atom is 0.254 e. The number of carbonyl (C=O) groups excluding carboxylic acids is 1. The van der Waals surface area contributed by atoms with Crippen LogP contribution in [0.25, 0.3) is 0 Å². The van der Waals surface area contributed by atoms with Crippen LogP contribution in [0.5, 0.6) is 0 Å². The van der Waals surface area contributed by atoms with Crippen LogP contribution in [-0.2, 0) is 0 Å². The van der Waals surface area contributed by atoms with E-state index in [1.807, 2.05) is 43.9 Å². The summed E-state index contributed by atoms with van der Waals surface area (Å²) in [6.45, 7) is 12.1. The van der Waals surface area contributed by atoms with Crippen LogP contribution in [0.2, 0.25) is 0 Å². The van der Waals surface area contributed by atoms with Crippen molar-refractivity contribution in [2.75, 3.05) is 19.6 Å². The van der Waals surface area contributed by atoms with Crippen LogP contribution in [0, 0.1) is 19.3 Å². The van der Waals surface area contributed by atoms with Gasteiger partial charge in [0.2, 0.25) is 0 Å². The normalized spacial score (nSPS) is 11.5. The molecule has 0 aliphatic rings. The molecule has 0 fully saturated rings. The van der Waals surface area contributed by atoms with Crippen molar-refractivity contribution < 1.29 is 4.79 Å². The molecule has 1 amide bonds. The highest BCUT2D eigenvalue weighted by Gasteiger charge is 2.24. The maximum absolute atomic E-state index is 12.6. The molecule has 0 radical (unpaired) electrons. The third-order valence-corrected chi connectivity index (χ3v) is 3.46. The van der Waals surface area contributed by atoms with Gasteiger partial charge in [0.05, 0.1) is 0 Å². The van der Waals surface area contributed by atoms with E-state index >= 15 is 0 Å². The van der Waals surface area contributed by atoms with Crippen molar-refractivity contribution in [3.8, 4) is 0 Å². The Morgan fingerprint density at radius 2 is 1.95 bits per heavy atom. The van der Waals surface area contributed by atoms with Crippen molar-refractivity contribution in [1.29, 1.82) is 0 Å². The van der Waals surface area contributed by atoms with Gasteiger partial charge in [-0.1, -0.05) is 31.5 Å². The quantitative estimate of drug-likeness (QED) is 0.887. The molecule has 0 saturated carbocycles. The number of rotatable bonds is 5. The number of carbonyl (C=O) groups is 1. The fraction of sp³-hybridized carbons (Fsp3) is 0.562. The first-order valence-corrected chi connectivity index (χ1v) is 6.87. The highest BCUT2D eigenvalue weighted by molar-refractivity contribution is 5.95. The zero-order valence-corrected chi connectivity index (χ0v) is 12.8. The summed E-state index contributed by atoms with van der Waals surface area (Å²) in [5.74, 6) is 0.102. The molecule has 1 aromatic rings. The van der Waals surface area contributed by atoms with Crippen molar-refractivity contribution in [2.45, 2.75) is 34.6 Å². The van der Waals surface area contributed by atoms with E-state index in [1.54, 1.807) is 0 Å². The van der Waals surface area contributed by atoms with Crippen molar-refractivity contribution in [3.63, 3.8) is 0 Å². The first-order chi connectivity index (χ1) is 8.80. The van der Waals surface area contributed by atoms with Gasteiger partial charge in [-0.15, -0.1) is 0 Å². The van der Waals surface area contributed by atoms with Gasteiger partial charge in [-0.25, -0.2) is 0 Å². The van der Waals surface area contributed by atoms with Gasteiger partial charge in [0.25, 0.3) is 5.91 Å². The molecular weight excluding hydrogens is 236 g/mol. The summed E-state index contributed by atoms with van der Waals surface area (Å²) in [6.07, 6.45) is 0. The minimum absolute atomic E-state index is 0.0522. The van der Waals surface area contributed by atoms with Crippen molar-refractivity contribution in [3.05, 3.63) is 34.9 Å². The molecule has 1 rings (SSSR count). The second-order valence-electron chi connectivity index (χ2n) is 6.01. The molecule has 0 spiro atoms. The summed E-state index contributed by atoms with van der Waals surface area (Å²) in [7, 11) is 0. The van der Waals surface area contributed by atoms with Gasteiger partial charge >= 0.3 is 0 Å². The van der Waals surface area contributed by atoms with Crippen molar-refractivity contribution in [2.24, 2.45) is 11.1 Å². The number of amides is 1. The Morgan fingerprint density at radius 3 is 2.47 bits per heavy atom. The molecule has 0 saturated heterocycles. The van der Waals surface area contributed by atoms with Gasteiger partial charge in [0, 0.05) is 18.7 Å². The number of hydrogen-bond acceptors (Lipinski definition) is 2. The Balaban J connectivity index is 2.99. The first-order valence-electron chi connectivity index (χ1n) is 6.87. The smallest absolute Gasteiger partial charge is 0.254 e. The SMILES string of the molecule is CCN(CC(C)(C)CN)C(=O)c1cc(C)ccc1C. The van der Waals surface area contributed by atoms with Crippen LogP contribution in [0.1, 0.15) is 42.3 Å². The largest absolute Gasteiger partial charge is 0.338 e. The average Bonchev–Trinajstić information content (AvgIpc) is 2.38. The molecule has 2 N–H and O–H groups in total. The zero-order valence-electron chi connectivity index (χ0n) is 12.8. The van der Waals surface area contributed by atoms with Gasteiger partial charge in [0.15, 0.2) is 0 Å². The third kappa shape index (κ3) is 4.06. The minimum Gasteiger partial charge on any atom is -0.338 e. The highest BCUT2D eigenvalue weighted by Crippen LogP contribution is 2.19. The van der Waals surface area contributed by atoms with E-state index in [1.165, 1.54) is 0 Å². The number of aryl methyl sites for hydroxylation is 2. The lowest BCUT2D eigenvalue weighted by atomic mass is 9.92. The predicted octanol–water partition coefficient (Wildman–Crippen LogP) is 2.75. The Kier molecular flexibility index (Phi) is 5.12. The summed E-state index contributed by atoms with van der Waals surface area (Å²) in [5.41, 5.74) is 8.65. The van der Waals surface area contributed by atoms with E-state index in [2.05, 4.69) is 13.8 Å². The van der Waals surface area contributed by atoms with Gasteiger partial charge in [-0.05, 0) is 44.4 Å². The number of nitrogens with zero attached hydrogens (tertiary/aromatic N) is 1. The van der Waals surface area contributed by atoms with Crippen LogP contribution >= 0.6 is 0 Å². The Bertz CT molecular complexity index is 452. The topological polar surface area (TPSA) is 46.3 Å². The summed E-state index contributed by atoms with van der Waals surface area (Å²) in [6, 6.07) is 6.01. The lowest BCUT2D eigenvalue weighted by Gasteiger charge is -2.31. The number of hydrogen-bond donors (Lipinski definition) is 1. The summed E-state index contributed by atoms with van der Waals surface area (Å²) in [4.78, 5) is 14.5. The van der Waals surface area contributed by atoms with E-state index < -0.39 is 0 Å². The standard InChI is InChI=1S/C16H26N2O/c1-6-18(11-16(4,5)10-17)15(19)14-9-12(2)7-8-13(14)3/h7-9H,6,10-11,17H2,1-5H3. The van der Waals surface area contributed by atoms with Crippen LogP contribution in [-0.4, -0.2) is 30.4 Å². The Labute approximate surface area is 116 Å². The molecule has 0 heterocycles. The minimum atomic E-state index is -0.0522. The summed E-state index contributed by atoms with van der Waals surface area (Å²) < 4.78 is 0. The highest BCUT2D eigenvalue weighted by atomic mass is 16.2. The molecule has 0 aliphatic carbocycles. The van der Waals surface area contributed by atoms with Crippen LogP contribution < -0.4 is 5.73 Å². The molecule has 0 aromatic heterocycles. The van der Waals surface area contributed by atoms with Gasteiger partial charge in [0.1, 0.15) is 0 Å². The average molecular weight is 262 g/mol. The third-order valence-electron chi connectivity index (χ3n) is 3.46. The van der Waals surface area contributed by atoms with Gasteiger partial charge in [-0.2, -0.15) is 0 Å². The van der Waals surface area contributed by atoms with Gasteiger partial charge in [-0.3, -0.25) is 4.79 Å². The number of nitrogens with two attached hydrogens (primary N) is 1.